The molecule has 5 heteroatoms. The van der Waals surface area contributed by atoms with Gasteiger partial charge in [-0.3, -0.25) is 9.59 Å². The van der Waals surface area contributed by atoms with Crippen molar-refractivity contribution in [2.45, 2.75) is 46.2 Å². The van der Waals surface area contributed by atoms with E-state index in [9.17, 15) is 9.59 Å². The van der Waals surface area contributed by atoms with Crippen molar-refractivity contribution in [1.29, 1.82) is 0 Å². The topological polar surface area (TPSA) is 71.3 Å². The first kappa shape index (κ1) is 24.3. The van der Waals surface area contributed by atoms with E-state index in [-0.39, 0.29) is 12.2 Å². The number of para-hydroxylation sites is 1. The molecule has 5 nitrogen and oxygen atoms in total. The van der Waals surface area contributed by atoms with Gasteiger partial charge in [-0.15, -0.1) is 0 Å². The van der Waals surface area contributed by atoms with Gasteiger partial charge >= 0.3 is 5.97 Å². The maximum atomic E-state index is 13.5. The second-order valence-electron chi connectivity index (χ2n) is 9.43. The quantitative estimate of drug-likeness (QED) is 0.245. The van der Waals surface area contributed by atoms with Crippen LogP contribution in [0.2, 0.25) is 0 Å². The van der Waals surface area contributed by atoms with E-state index < -0.39 is 5.97 Å². The monoisotopic (exact) mass is 468 g/mol. The molecule has 0 aliphatic carbocycles. The van der Waals surface area contributed by atoms with Gasteiger partial charge in [0.25, 0.3) is 0 Å². The zero-order valence-corrected chi connectivity index (χ0v) is 20.3. The zero-order chi connectivity index (χ0) is 24.8. The molecule has 4 aromatic rings. The Balaban J connectivity index is 1.49. The van der Waals surface area contributed by atoms with Crippen LogP contribution in [0.5, 0.6) is 0 Å². The van der Waals surface area contributed by atoms with Crippen LogP contribution in [-0.2, 0) is 24.3 Å². The number of aryl methyl sites for hydroxylation is 1. The number of carbonyl (C=O) groups excluding carboxylic acids is 1. The number of fused-ring (bicyclic) bond motifs is 1. The summed E-state index contributed by atoms with van der Waals surface area (Å²) in [7, 11) is 0. The van der Waals surface area contributed by atoms with Crippen molar-refractivity contribution in [1.82, 2.24) is 4.57 Å². The SMILES string of the molecule is CC(C)Cc1ccc(CNc2cccc(C(=O)c3cn(CCCC(=O)O)c4ccccc34)c2)cc1. The number of benzene rings is 3. The first-order valence-corrected chi connectivity index (χ1v) is 12.2. The Kier molecular flexibility index (Phi) is 7.66. The number of ketones is 1. The zero-order valence-electron chi connectivity index (χ0n) is 20.3. The van der Waals surface area contributed by atoms with Crippen LogP contribution in [0.15, 0.2) is 79.0 Å². The lowest BCUT2D eigenvalue weighted by Gasteiger charge is -2.10. The average molecular weight is 469 g/mol. The highest BCUT2D eigenvalue weighted by atomic mass is 16.4. The van der Waals surface area contributed by atoms with Crippen LogP contribution in [0.1, 0.15) is 53.7 Å². The van der Waals surface area contributed by atoms with Gasteiger partial charge in [0.2, 0.25) is 0 Å². The number of aliphatic carboxylic acids is 1. The molecule has 1 aromatic heterocycles. The minimum atomic E-state index is -0.812. The molecule has 35 heavy (non-hydrogen) atoms. The van der Waals surface area contributed by atoms with E-state index in [1.54, 1.807) is 0 Å². The number of aromatic nitrogens is 1. The summed E-state index contributed by atoms with van der Waals surface area (Å²) in [4.78, 5) is 24.4. The summed E-state index contributed by atoms with van der Waals surface area (Å²) in [5.74, 6) is -0.216. The van der Waals surface area contributed by atoms with Crippen LogP contribution in [0, 0.1) is 5.92 Å². The third-order valence-corrected chi connectivity index (χ3v) is 6.11. The first-order valence-electron chi connectivity index (χ1n) is 12.2. The molecule has 0 aliphatic heterocycles. The van der Waals surface area contributed by atoms with Crippen molar-refractivity contribution in [3.8, 4) is 0 Å². The van der Waals surface area contributed by atoms with E-state index in [2.05, 4.69) is 43.4 Å². The van der Waals surface area contributed by atoms with Gasteiger partial charge in [0.1, 0.15) is 0 Å². The summed E-state index contributed by atoms with van der Waals surface area (Å²) >= 11 is 0. The Morgan fingerprint density at radius 2 is 1.69 bits per heavy atom. The van der Waals surface area contributed by atoms with Crippen molar-refractivity contribution in [2.24, 2.45) is 5.92 Å². The number of hydrogen-bond donors (Lipinski definition) is 2. The van der Waals surface area contributed by atoms with Crippen LogP contribution < -0.4 is 5.32 Å². The number of rotatable bonds is 11. The van der Waals surface area contributed by atoms with Crippen LogP contribution in [0.4, 0.5) is 5.69 Å². The van der Waals surface area contributed by atoms with Crippen LogP contribution in [0.3, 0.4) is 0 Å². The van der Waals surface area contributed by atoms with Crippen molar-refractivity contribution in [2.75, 3.05) is 5.32 Å². The third-order valence-electron chi connectivity index (χ3n) is 6.11. The molecule has 0 saturated heterocycles. The normalized spacial score (nSPS) is 11.2. The molecule has 0 fully saturated rings. The molecule has 0 unspecified atom stereocenters. The van der Waals surface area contributed by atoms with E-state index in [0.29, 0.717) is 36.6 Å². The van der Waals surface area contributed by atoms with Gasteiger partial charge in [-0.05, 0) is 48.1 Å². The van der Waals surface area contributed by atoms with E-state index in [0.717, 1.165) is 23.0 Å². The molecule has 4 rings (SSSR count). The predicted molar refractivity (Wildman–Crippen MR) is 141 cm³/mol. The van der Waals surface area contributed by atoms with Crippen LogP contribution in [0.25, 0.3) is 10.9 Å². The lowest BCUT2D eigenvalue weighted by atomic mass is 10.0. The van der Waals surface area contributed by atoms with Gasteiger partial charge in [0, 0.05) is 53.4 Å². The number of carboxylic acids is 1. The number of nitrogens with one attached hydrogen (secondary N) is 1. The third kappa shape index (κ3) is 6.18. The Morgan fingerprint density at radius 3 is 2.43 bits per heavy atom. The molecule has 2 N–H and O–H groups in total. The van der Waals surface area contributed by atoms with Crippen molar-refractivity contribution < 1.29 is 14.7 Å². The molecule has 1 heterocycles. The fourth-order valence-electron chi connectivity index (χ4n) is 4.41. The molecule has 0 bridgehead atoms. The van der Waals surface area contributed by atoms with Crippen LogP contribution in [-0.4, -0.2) is 21.4 Å². The smallest absolute Gasteiger partial charge is 0.303 e. The lowest BCUT2D eigenvalue weighted by molar-refractivity contribution is -0.137. The predicted octanol–water partition coefficient (Wildman–Crippen LogP) is 6.55. The second-order valence-corrected chi connectivity index (χ2v) is 9.43. The van der Waals surface area contributed by atoms with Gasteiger partial charge in [0.15, 0.2) is 5.78 Å². The second kappa shape index (κ2) is 11.0. The van der Waals surface area contributed by atoms with Gasteiger partial charge in [-0.25, -0.2) is 0 Å². The molecular formula is C30H32N2O3. The molecule has 3 aromatic carbocycles. The number of hydrogen-bond acceptors (Lipinski definition) is 3. The van der Waals surface area contributed by atoms with Gasteiger partial charge in [-0.1, -0.05) is 68.4 Å². The summed E-state index contributed by atoms with van der Waals surface area (Å²) in [5.41, 5.74) is 5.63. The first-order chi connectivity index (χ1) is 16.9. The molecule has 0 spiro atoms. The van der Waals surface area contributed by atoms with Crippen molar-refractivity contribution in [3.05, 3.63) is 101 Å². The molecule has 0 saturated carbocycles. The Hall–Kier alpha value is -3.86. The lowest BCUT2D eigenvalue weighted by Crippen LogP contribution is -2.04. The fraction of sp³-hybridized carbons (Fsp3) is 0.267. The summed E-state index contributed by atoms with van der Waals surface area (Å²) in [5, 5.41) is 13.3. The summed E-state index contributed by atoms with van der Waals surface area (Å²) in [6.07, 6.45) is 3.55. The summed E-state index contributed by atoms with van der Waals surface area (Å²) < 4.78 is 1.98. The van der Waals surface area contributed by atoms with E-state index in [1.165, 1.54) is 11.1 Å². The standard InChI is InChI=1S/C30H32N2O3/c1-21(2)17-22-12-14-23(15-13-22)19-31-25-8-5-7-24(18-25)30(35)27-20-32(16-6-11-29(33)34)28-10-4-3-9-26(27)28/h3-5,7-10,12-15,18,20-21,31H,6,11,16-17,19H2,1-2H3,(H,33,34). The van der Waals surface area contributed by atoms with Crippen molar-refractivity contribution >= 4 is 28.3 Å². The maximum absolute atomic E-state index is 13.5. The van der Waals surface area contributed by atoms with E-state index in [4.69, 9.17) is 5.11 Å². The molecular weight excluding hydrogens is 436 g/mol. The molecule has 0 aliphatic rings. The number of carboxylic acid groups (broad SMARTS) is 1. The van der Waals surface area contributed by atoms with E-state index in [1.807, 2.05) is 59.3 Å². The molecule has 0 amide bonds. The summed E-state index contributed by atoms with van der Waals surface area (Å²) in [6.45, 7) is 5.68. The minimum Gasteiger partial charge on any atom is -0.481 e. The summed E-state index contributed by atoms with van der Waals surface area (Å²) in [6, 6.07) is 24.0. The van der Waals surface area contributed by atoms with E-state index >= 15 is 0 Å². The Labute approximate surface area is 206 Å². The number of carbonyl (C=O) groups is 2. The van der Waals surface area contributed by atoms with Gasteiger partial charge < -0.3 is 15.0 Å². The van der Waals surface area contributed by atoms with Crippen molar-refractivity contribution in [3.63, 3.8) is 0 Å². The Bertz CT molecular complexity index is 1320. The largest absolute Gasteiger partial charge is 0.481 e. The Morgan fingerprint density at radius 1 is 0.943 bits per heavy atom. The van der Waals surface area contributed by atoms with Crippen LogP contribution >= 0.6 is 0 Å². The minimum absolute atomic E-state index is 0.0418. The van der Waals surface area contributed by atoms with Gasteiger partial charge in [0.05, 0.1) is 0 Å². The highest BCUT2D eigenvalue weighted by Gasteiger charge is 2.17. The highest BCUT2D eigenvalue weighted by molar-refractivity contribution is 6.16. The fourth-order valence-corrected chi connectivity index (χ4v) is 4.41. The maximum Gasteiger partial charge on any atom is 0.303 e. The highest BCUT2D eigenvalue weighted by Crippen LogP contribution is 2.25. The average Bonchev–Trinajstić information content (AvgIpc) is 3.21. The number of nitrogens with zero attached hydrogens (tertiary/aromatic N) is 1. The molecule has 0 radical (unpaired) electrons. The van der Waals surface area contributed by atoms with Gasteiger partial charge in [-0.2, -0.15) is 0 Å². The number of anilines is 1. The molecule has 0 atom stereocenters. The molecule has 180 valence electrons.